The number of rotatable bonds is 3. The summed E-state index contributed by atoms with van der Waals surface area (Å²) < 4.78 is 1.59. The highest BCUT2D eigenvalue weighted by Crippen LogP contribution is 2.25. The van der Waals surface area contributed by atoms with Gasteiger partial charge in [0.25, 0.3) is 5.91 Å². The molecular formula is C14H9Br2ClN2OS. The van der Waals surface area contributed by atoms with Crippen molar-refractivity contribution in [3.05, 3.63) is 61.5 Å². The molecule has 1 amide bonds. The van der Waals surface area contributed by atoms with Crippen LogP contribution in [0.5, 0.6) is 0 Å². The number of carbonyl (C=O) groups excluding carboxylic acids is 1. The minimum absolute atomic E-state index is 0.201. The molecular weight excluding hydrogens is 439 g/mol. The lowest BCUT2D eigenvalue weighted by Crippen LogP contribution is -2.18. The topological polar surface area (TPSA) is 55.1 Å². The Labute approximate surface area is 149 Å². The maximum atomic E-state index is 12.3. The zero-order chi connectivity index (χ0) is 15.6. The Balaban J connectivity index is 2.36. The third-order valence-corrected chi connectivity index (χ3v) is 4.20. The number of nitrogens with two attached hydrogens (primary N) is 1. The highest BCUT2D eigenvalue weighted by Gasteiger charge is 2.14. The van der Waals surface area contributed by atoms with Crippen LogP contribution in [0.3, 0.4) is 0 Å². The van der Waals surface area contributed by atoms with Crippen LogP contribution >= 0.6 is 55.7 Å². The van der Waals surface area contributed by atoms with Gasteiger partial charge in [0, 0.05) is 14.5 Å². The monoisotopic (exact) mass is 446 g/mol. The Bertz CT molecular complexity index is 737. The van der Waals surface area contributed by atoms with E-state index in [-0.39, 0.29) is 10.9 Å². The van der Waals surface area contributed by atoms with Gasteiger partial charge in [-0.1, -0.05) is 55.7 Å². The van der Waals surface area contributed by atoms with E-state index >= 15 is 0 Å². The van der Waals surface area contributed by atoms with Crippen molar-refractivity contribution in [3.8, 4) is 0 Å². The van der Waals surface area contributed by atoms with Gasteiger partial charge in [-0.25, -0.2) is 0 Å². The van der Waals surface area contributed by atoms with Gasteiger partial charge in [-0.05, 0) is 36.4 Å². The fraction of sp³-hybridized carbons (Fsp3) is 0. The van der Waals surface area contributed by atoms with Crippen LogP contribution in [0.25, 0.3) is 0 Å². The summed E-state index contributed by atoms with van der Waals surface area (Å²) in [5.74, 6) is -0.332. The average Bonchev–Trinajstić information content (AvgIpc) is 2.43. The van der Waals surface area contributed by atoms with Crippen LogP contribution in [-0.2, 0) is 0 Å². The molecule has 3 nitrogen and oxygen atoms in total. The van der Waals surface area contributed by atoms with Gasteiger partial charge in [0.05, 0.1) is 16.3 Å². The molecule has 0 spiro atoms. The average molecular weight is 449 g/mol. The second kappa shape index (κ2) is 6.87. The summed E-state index contributed by atoms with van der Waals surface area (Å²) in [4.78, 5) is 12.5. The van der Waals surface area contributed by atoms with E-state index in [1.165, 1.54) is 0 Å². The van der Waals surface area contributed by atoms with Gasteiger partial charge in [0.1, 0.15) is 4.99 Å². The van der Waals surface area contributed by atoms with Crippen LogP contribution in [0.1, 0.15) is 15.9 Å². The second-order valence-electron chi connectivity index (χ2n) is 4.13. The minimum atomic E-state index is -0.332. The molecule has 0 aromatic heterocycles. The third kappa shape index (κ3) is 4.03. The second-order valence-corrected chi connectivity index (χ2v) is 6.81. The summed E-state index contributed by atoms with van der Waals surface area (Å²) in [5, 5.41) is 3.14. The predicted octanol–water partition coefficient (Wildman–Crippen LogP) is 4.75. The number of hydrogen-bond donors (Lipinski definition) is 2. The zero-order valence-corrected chi connectivity index (χ0v) is 15.2. The Hall–Kier alpha value is -0.950. The number of anilines is 1. The molecule has 0 saturated carbocycles. The van der Waals surface area contributed by atoms with Crippen molar-refractivity contribution in [3.63, 3.8) is 0 Å². The van der Waals surface area contributed by atoms with Crippen LogP contribution in [0, 0.1) is 0 Å². The van der Waals surface area contributed by atoms with E-state index in [1.54, 1.807) is 36.4 Å². The first-order valence-electron chi connectivity index (χ1n) is 5.74. The molecule has 0 atom stereocenters. The lowest BCUT2D eigenvalue weighted by atomic mass is 10.1. The highest BCUT2D eigenvalue weighted by atomic mass is 79.9. The molecule has 0 unspecified atom stereocenters. The van der Waals surface area contributed by atoms with Gasteiger partial charge < -0.3 is 11.1 Å². The number of thiocarbonyl (C=S) groups is 1. The molecule has 0 saturated heterocycles. The fourth-order valence-corrected chi connectivity index (χ4v) is 2.78. The molecule has 2 aromatic carbocycles. The molecule has 3 N–H and O–H groups in total. The molecule has 0 aliphatic rings. The quantitative estimate of drug-likeness (QED) is 0.666. The number of hydrogen-bond acceptors (Lipinski definition) is 2. The first-order chi connectivity index (χ1) is 9.88. The van der Waals surface area contributed by atoms with Crippen molar-refractivity contribution in [1.82, 2.24) is 0 Å². The molecule has 0 aliphatic carbocycles. The van der Waals surface area contributed by atoms with Gasteiger partial charge in [-0.2, -0.15) is 0 Å². The standard InChI is InChI=1S/C14H9Br2ClN2OS/c15-7-1-3-11(17)9(5-7)14(20)19-12-4-2-8(16)6-10(12)13(18)21/h1-6H,(H2,18,21)(H,19,20). The van der Waals surface area contributed by atoms with Crippen LogP contribution in [-0.4, -0.2) is 10.9 Å². The Kier molecular flexibility index (Phi) is 5.37. The van der Waals surface area contributed by atoms with Crippen molar-refractivity contribution in [1.29, 1.82) is 0 Å². The Morgan fingerprint density at radius 3 is 2.29 bits per heavy atom. The van der Waals surface area contributed by atoms with Gasteiger partial charge in [-0.3, -0.25) is 4.79 Å². The highest BCUT2D eigenvalue weighted by molar-refractivity contribution is 9.10. The van der Waals surface area contributed by atoms with E-state index in [9.17, 15) is 4.79 Å². The van der Waals surface area contributed by atoms with Crippen molar-refractivity contribution >= 4 is 72.3 Å². The lowest BCUT2D eigenvalue weighted by Gasteiger charge is -2.11. The van der Waals surface area contributed by atoms with Gasteiger partial charge in [0.2, 0.25) is 0 Å². The van der Waals surface area contributed by atoms with Crippen molar-refractivity contribution in [2.24, 2.45) is 5.73 Å². The van der Waals surface area contributed by atoms with Crippen molar-refractivity contribution < 1.29 is 4.79 Å². The van der Waals surface area contributed by atoms with Crippen molar-refractivity contribution in [2.45, 2.75) is 0 Å². The maximum absolute atomic E-state index is 12.3. The largest absolute Gasteiger partial charge is 0.389 e. The van der Waals surface area contributed by atoms with Crippen molar-refractivity contribution in [2.75, 3.05) is 5.32 Å². The van der Waals surface area contributed by atoms with Crippen LogP contribution in [0.4, 0.5) is 5.69 Å². The van der Waals surface area contributed by atoms with E-state index in [0.717, 1.165) is 8.95 Å². The summed E-state index contributed by atoms with van der Waals surface area (Å²) >= 11 is 17.7. The summed E-state index contributed by atoms with van der Waals surface area (Å²) in [5.41, 5.74) is 7.16. The maximum Gasteiger partial charge on any atom is 0.257 e. The van der Waals surface area contributed by atoms with E-state index < -0.39 is 0 Å². The fourth-order valence-electron chi connectivity index (χ4n) is 1.69. The first-order valence-corrected chi connectivity index (χ1v) is 8.11. The number of halogens is 3. The van der Waals surface area contributed by atoms with Crippen LogP contribution in [0.15, 0.2) is 45.3 Å². The van der Waals surface area contributed by atoms with Gasteiger partial charge in [-0.15, -0.1) is 0 Å². The summed E-state index contributed by atoms with van der Waals surface area (Å²) in [7, 11) is 0. The summed E-state index contributed by atoms with van der Waals surface area (Å²) in [6.45, 7) is 0. The minimum Gasteiger partial charge on any atom is -0.389 e. The molecule has 21 heavy (non-hydrogen) atoms. The Morgan fingerprint density at radius 1 is 1.10 bits per heavy atom. The molecule has 2 aromatic rings. The smallest absolute Gasteiger partial charge is 0.257 e. The van der Waals surface area contributed by atoms with E-state index in [0.29, 0.717) is 21.8 Å². The normalized spacial score (nSPS) is 10.2. The predicted molar refractivity (Wildman–Crippen MR) is 97.1 cm³/mol. The molecule has 0 heterocycles. The first kappa shape index (κ1) is 16.4. The van der Waals surface area contributed by atoms with Crippen LogP contribution < -0.4 is 11.1 Å². The SMILES string of the molecule is NC(=S)c1cc(Br)ccc1NC(=O)c1cc(Br)ccc1Cl. The van der Waals surface area contributed by atoms with Gasteiger partial charge >= 0.3 is 0 Å². The number of nitrogens with one attached hydrogen (secondary N) is 1. The van der Waals surface area contributed by atoms with Gasteiger partial charge in [0.15, 0.2) is 0 Å². The third-order valence-electron chi connectivity index (χ3n) is 2.67. The molecule has 2 rings (SSSR count). The molecule has 0 bridgehead atoms. The molecule has 7 heteroatoms. The molecule has 0 fully saturated rings. The summed E-state index contributed by atoms with van der Waals surface area (Å²) in [6, 6.07) is 10.3. The Morgan fingerprint density at radius 2 is 1.67 bits per heavy atom. The molecule has 108 valence electrons. The van der Waals surface area contributed by atoms with E-state index in [4.69, 9.17) is 29.6 Å². The summed E-state index contributed by atoms with van der Waals surface area (Å²) in [6.07, 6.45) is 0. The zero-order valence-electron chi connectivity index (χ0n) is 10.5. The van der Waals surface area contributed by atoms with E-state index in [1.807, 2.05) is 0 Å². The number of carbonyl (C=O) groups is 1. The van der Waals surface area contributed by atoms with E-state index in [2.05, 4.69) is 37.2 Å². The number of benzene rings is 2. The van der Waals surface area contributed by atoms with Crippen LogP contribution in [0.2, 0.25) is 5.02 Å². The lowest BCUT2D eigenvalue weighted by molar-refractivity contribution is 0.102. The molecule has 0 aliphatic heterocycles. The number of amides is 1. The molecule has 0 radical (unpaired) electrons.